The highest BCUT2D eigenvalue weighted by atomic mass is 16.6. The maximum Gasteiger partial charge on any atom is 0.412 e. The van der Waals surface area contributed by atoms with Gasteiger partial charge in [0.1, 0.15) is 11.4 Å². The fourth-order valence-electron chi connectivity index (χ4n) is 3.15. The lowest BCUT2D eigenvalue weighted by Crippen LogP contribution is -2.27. The van der Waals surface area contributed by atoms with E-state index in [1.165, 1.54) is 16.8 Å². The number of nitro groups is 1. The van der Waals surface area contributed by atoms with E-state index in [0.29, 0.717) is 28.6 Å². The van der Waals surface area contributed by atoms with E-state index in [1.807, 2.05) is 20.8 Å². The molecule has 1 aromatic heterocycles. The van der Waals surface area contributed by atoms with Gasteiger partial charge in [0.2, 0.25) is 0 Å². The van der Waals surface area contributed by atoms with E-state index in [0.717, 1.165) is 0 Å². The van der Waals surface area contributed by atoms with E-state index in [-0.39, 0.29) is 11.1 Å². The maximum atomic E-state index is 12.8. The summed E-state index contributed by atoms with van der Waals surface area (Å²) < 4.78 is 6.70. The third-order valence-corrected chi connectivity index (χ3v) is 4.77. The van der Waals surface area contributed by atoms with Crippen LogP contribution in [0.3, 0.4) is 0 Å². The Bertz CT molecular complexity index is 1290. The Balaban J connectivity index is 1.81. The second-order valence-electron chi connectivity index (χ2n) is 10.1. The van der Waals surface area contributed by atoms with Gasteiger partial charge in [-0.05, 0) is 45.0 Å². The molecule has 3 aromatic rings. The van der Waals surface area contributed by atoms with Gasteiger partial charge in [-0.25, -0.2) is 14.3 Å². The molecular weight excluding hydrogens is 464 g/mol. The van der Waals surface area contributed by atoms with Crippen molar-refractivity contribution < 1.29 is 19.2 Å². The smallest absolute Gasteiger partial charge is 0.412 e. The second-order valence-corrected chi connectivity index (χ2v) is 10.1. The first kappa shape index (κ1) is 26.2. The minimum absolute atomic E-state index is 0.0926. The molecule has 0 saturated carbocycles. The molecule has 0 bridgehead atoms. The van der Waals surface area contributed by atoms with Crippen LogP contribution in [0.5, 0.6) is 0 Å². The third-order valence-electron chi connectivity index (χ3n) is 4.77. The van der Waals surface area contributed by atoms with Gasteiger partial charge in [0.15, 0.2) is 0 Å². The molecular formula is C25H30N6O5. The summed E-state index contributed by atoms with van der Waals surface area (Å²) in [7, 11) is 0. The van der Waals surface area contributed by atoms with Gasteiger partial charge in [-0.15, -0.1) is 0 Å². The molecule has 0 radical (unpaired) electrons. The minimum atomic E-state index is -0.645. The molecule has 1 heterocycles. The number of nitrogens with one attached hydrogen (secondary N) is 3. The van der Waals surface area contributed by atoms with E-state index >= 15 is 0 Å². The van der Waals surface area contributed by atoms with Crippen LogP contribution in [0.1, 0.15) is 47.2 Å². The van der Waals surface area contributed by atoms with E-state index in [4.69, 9.17) is 4.74 Å². The number of hydrogen-bond acceptors (Lipinski definition) is 6. The Kier molecular flexibility index (Phi) is 7.32. The van der Waals surface area contributed by atoms with Crippen molar-refractivity contribution >= 4 is 35.0 Å². The molecule has 0 unspecified atom stereocenters. The number of non-ortho nitro benzene ring substituents is 1. The molecule has 3 rings (SSSR count). The van der Waals surface area contributed by atoms with Crippen molar-refractivity contribution in [2.24, 2.45) is 0 Å². The number of benzene rings is 2. The number of amides is 3. The summed E-state index contributed by atoms with van der Waals surface area (Å²) >= 11 is 0. The van der Waals surface area contributed by atoms with Gasteiger partial charge in [0, 0.05) is 35.0 Å². The van der Waals surface area contributed by atoms with Crippen LogP contribution >= 0.6 is 0 Å². The minimum Gasteiger partial charge on any atom is -0.444 e. The lowest BCUT2D eigenvalue weighted by Gasteiger charge is -2.19. The second kappa shape index (κ2) is 10.1. The van der Waals surface area contributed by atoms with Crippen LogP contribution in [-0.4, -0.2) is 32.4 Å². The van der Waals surface area contributed by atoms with Gasteiger partial charge in [0.25, 0.3) is 5.69 Å². The van der Waals surface area contributed by atoms with E-state index < -0.39 is 22.6 Å². The summed E-state index contributed by atoms with van der Waals surface area (Å²) in [6.07, 6.45) is -0.611. The van der Waals surface area contributed by atoms with Crippen LogP contribution < -0.4 is 16.0 Å². The molecule has 36 heavy (non-hydrogen) atoms. The molecule has 0 saturated heterocycles. The topological polar surface area (TPSA) is 140 Å². The number of urea groups is 1. The van der Waals surface area contributed by atoms with E-state index in [9.17, 15) is 19.7 Å². The average Bonchev–Trinajstić information content (AvgIpc) is 3.16. The Labute approximate surface area is 209 Å². The highest BCUT2D eigenvalue weighted by Gasteiger charge is 2.22. The predicted molar refractivity (Wildman–Crippen MR) is 138 cm³/mol. The number of rotatable bonds is 5. The Morgan fingerprint density at radius 2 is 1.56 bits per heavy atom. The number of carbonyl (C=O) groups excluding carboxylic acids is 2. The molecule has 2 aromatic carbocycles. The first-order chi connectivity index (χ1) is 16.7. The predicted octanol–water partition coefficient (Wildman–Crippen LogP) is 6.07. The quantitative estimate of drug-likeness (QED) is 0.290. The molecule has 0 fully saturated rings. The van der Waals surface area contributed by atoms with Gasteiger partial charge in [-0.2, -0.15) is 5.10 Å². The summed E-state index contributed by atoms with van der Waals surface area (Å²) in [4.78, 5) is 35.6. The summed E-state index contributed by atoms with van der Waals surface area (Å²) in [5.74, 6) is 0.334. The molecule has 0 spiro atoms. The van der Waals surface area contributed by atoms with Gasteiger partial charge in [-0.1, -0.05) is 32.9 Å². The molecule has 3 amide bonds. The lowest BCUT2D eigenvalue weighted by atomic mass is 9.92. The Morgan fingerprint density at radius 1 is 0.917 bits per heavy atom. The monoisotopic (exact) mass is 494 g/mol. The number of nitrogens with zero attached hydrogens (tertiary/aromatic N) is 3. The molecule has 3 N–H and O–H groups in total. The highest BCUT2D eigenvalue weighted by Crippen LogP contribution is 2.28. The summed E-state index contributed by atoms with van der Waals surface area (Å²) in [6, 6.07) is 13.7. The van der Waals surface area contributed by atoms with Crippen molar-refractivity contribution in [1.82, 2.24) is 9.78 Å². The number of nitro benzene ring substituents is 1. The van der Waals surface area contributed by atoms with Crippen molar-refractivity contribution in [2.45, 2.75) is 52.6 Å². The van der Waals surface area contributed by atoms with Crippen molar-refractivity contribution in [2.75, 3.05) is 16.0 Å². The van der Waals surface area contributed by atoms with Crippen molar-refractivity contribution in [3.05, 3.63) is 70.4 Å². The highest BCUT2D eigenvalue weighted by molar-refractivity contribution is 6.00. The van der Waals surface area contributed by atoms with Crippen molar-refractivity contribution in [3.63, 3.8) is 0 Å². The fraction of sp³-hybridized carbons (Fsp3) is 0.320. The number of ether oxygens (including phenoxy) is 1. The van der Waals surface area contributed by atoms with E-state index in [1.54, 1.807) is 63.2 Å². The molecule has 0 aliphatic carbocycles. The first-order valence-electron chi connectivity index (χ1n) is 11.2. The summed E-state index contributed by atoms with van der Waals surface area (Å²) in [5, 5.41) is 23.9. The molecule has 0 atom stereocenters. The lowest BCUT2D eigenvalue weighted by molar-refractivity contribution is -0.384. The third kappa shape index (κ3) is 7.05. The number of carbonyl (C=O) groups is 2. The Morgan fingerprint density at radius 3 is 2.17 bits per heavy atom. The number of aromatic nitrogens is 2. The van der Waals surface area contributed by atoms with Gasteiger partial charge < -0.3 is 10.1 Å². The van der Waals surface area contributed by atoms with Crippen LogP contribution in [-0.2, 0) is 10.2 Å². The largest absolute Gasteiger partial charge is 0.444 e. The number of hydrogen-bond donors (Lipinski definition) is 3. The maximum absolute atomic E-state index is 12.8. The molecule has 0 aliphatic heterocycles. The Hall–Kier alpha value is -4.41. The molecule has 11 nitrogen and oxygen atoms in total. The molecule has 190 valence electrons. The van der Waals surface area contributed by atoms with Gasteiger partial charge in [-0.3, -0.25) is 20.7 Å². The molecule has 11 heteroatoms. The van der Waals surface area contributed by atoms with Gasteiger partial charge in [0.05, 0.1) is 16.3 Å². The SMILES string of the molecule is CC(C)(C)OC(=O)Nc1cccc(NC(=O)Nc2cc(C(C)(C)C)nn2-c2cccc([N+](=O)[O-])c2)c1. The van der Waals surface area contributed by atoms with E-state index in [2.05, 4.69) is 21.0 Å². The van der Waals surface area contributed by atoms with Crippen molar-refractivity contribution in [3.8, 4) is 5.69 Å². The summed E-state index contributed by atoms with van der Waals surface area (Å²) in [5.41, 5.74) is 0.919. The standard InChI is InChI=1S/C25H30N6O5/c1-24(2,3)20-15-21(30(29-20)18-11-8-12-19(14-18)31(34)35)28-22(32)26-16-9-7-10-17(13-16)27-23(33)36-25(4,5)6/h7-15H,1-6H3,(H,27,33)(H2,26,28,32). The van der Waals surface area contributed by atoms with Crippen LogP contribution in [0.4, 0.5) is 32.5 Å². The van der Waals surface area contributed by atoms with Crippen LogP contribution in [0.25, 0.3) is 5.69 Å². The van der Waals surface area contributed by atoms with Crippen LogP contribution in [0, 0.1) is 10.1 Å². The van der Waals surface area contributed by atoms with Gasteiger partial charge >= 0.3 is 12.1 Å². The summed E-state index contributed by atoms with van der Waals surface area (Å²) in [6.45, 7) is 11.2. The fourth-order valence-corrected chi connectivity index (χ4v) is 3.15. The normalized spacial score (nSPS) is 11.5. The van der Waals surface area contributed by atoms with Crippen LogP contribution in [0.15, 0.2) is 54.6 Å². The zero-order chi connectivity index (χ0) is 26.7. The first-order valence-corrected chi connectivity index (χ1v) is 11.2. The zero-order valence-corrected chi connectivity index (χ0v) is 21.1. The number of anilines is 3. The van der Waals surface area contributed by atoms with Crippen molar-refractivity contribution in [1.29, 1.82) is 0 Å². The average molecular weight is 495 g/mol. The molecule has 0 aliphatic rings. The zero-order valence-electron chi connectivity index (χ0n) is 21.1. The van der Waals surface area contributed by atoms with Crippen LogP contribution in [0.2, 0.25) is 0 Å².